The van der Waals surface area contributed by atoms with Crippen molar-refractivity contribution >= 4 is 34.8 Å². The summed E-state index contributed by atoms with van der Waals surface area (Å²) in [5, 5.41) is 3.22. The van der Waals surface area contributed by atoms with Crippen molar-refractivity contribution < 1.29 is 9.53 Å². The minimum absolute atomic E-state index is 0.215. The second-order valence-corrected chi connectivity index (χ2v) is 5.42. The fourth-order valence-corrected chi connectivity index (χ4v) is 2.06. The average Bonchev–Trinajstić information content (AvgIpc) is 3.17. The highest BCUT2D eigenvalue weighted by Gasteiger charge is 2.21. The molecular weight excluding hydrogens is 287 g/mol. The smallest absolute Gasteiger partial charge is 0.253 e. The minimum Gasteiger partial charge on any atom is -0.399 e. The zero-order valence-electron chi connectivity index (χ0n) is 10.4. The molecule has 0 heterocycles. The van der Waals surface area contributed by atoms with E-state index in [4.69, 9.17) is 33.7 Å². The van der Waals surface area contributed by atoms with Crippen molar-refractivity contribution in [3.8, 4) is 0 Å². The molecule has 6 heteroatoms. The van der Waals surface area contributed by atoms with Gasteiger partial charge in [0.15, 0.2) is 0 Å². The van der Waals surface area contributed by atoms with Gasteiger partial charge in [-0.25, -0.2) is 0 Å². The molecule has 0 aliphatic heterocycles. The molecule has 0 saturated heterocycles. The van der Waals surface area contributed by atoms with E-state index in [9.17, 15) is 4.79 Å². The lowest BCUT2D eigenvalue weighted by Gasteiger charge is -2.09. The average molecular weight is 303 g/mol. The summed E-state index contributed by atoms with van der Waals surface area (Å²) >= 11 is 11.8. The van der Waals surface area contributed by atoms with Crippen LogP contribution in [0.5, 0.6) is 0 Å². The van der Waals surface area contributed by atoms with E-state index in [1.165, 1.54) is 25.0 Å². The van der Waals surface area contributed by atoms with Crippen molar-refractivity contribution in [2.24, 2.45) is 5.92 Å². The molecule has 0 radical (unpaired) electrons. The van der Waals surface area contributed by atoms with Crippen LogP contribution in [0.15, 0.2) is 12.1 Å². The molecule has 0 aromatic heterocycles. The molecule has 1 aliphatic rings. The van der Waals surface area contributed by atoms with Crippen molar-refractivity contribution in [1.29, 1.82) is 0 Å². The number of nitrogens with one attached hydrogen (secondary N) is 1. The van der Waals surface area contributed by atoms with Gasteiger partial charge in [0.2, 0.25) is 0 Å². The Morgan fingerprint density at radius 3 is 2.84 bits per heavy atom. The Hall–Kier alpha value is -0.970. The Morgan fingerprint density at radius 1 is 1.42 bits per heavy atom. The van der Waals surface area contributed by atoms with Crippen molar-refractivity contribution in [2.45, 2.75) is 12.8 Å². The van der Waals surface area contributed by atoms with Gasteiger partial charge < -0.3 is 15.8 Å². The highest BCUT2D eigenvalue weighted by Crippen LogP contribution is 2.29. The molecule has 1 amide bonds. The molecule has 0 bridgehead atoms. The third-order valence-corrected chi connectivity index (χ3v) is 3.68. The van der Waals surface area contributed by atoms with Gasteiger partial charge in [0.25, 0.3) is 5.91 Å². The van der Waals surface area contributed by atoms with Crippen LogP contribution in [0.4, 0.5) is 5.69 Å². The lowest BCUT2D eigenvalue weighted by molar-refractivity contribution is 0.0906. The summed E-state index contributed by atoms with van der Waals surface area (Å²) in [6, 6.07) is 3.02. The number of hydrogen-bond donors (Lipinski definition) is 2. The van der Waals surface area contributed by atoms with Gasteiger partial charge in [0.05, 0.1) is 22.2 Å². The Labute approximate surface area is 122 Å². The number of ether oxygens (including phenoxy) is 1. The highest BCUT2D eigenvalue weighted by molar-refractivity contribution is 6.44. The first kappa shape index (κ1) is 14.4. The molecule has 1 aromatic rings. The molecule has 1 saturated carbocycles. The molecule has 0 spiro atoms. The first-order valence-corrected chi connectivity index (χ1v) is 6.94. The molecule has 4 nitrogen and oxygen atoms in total. The summed E-state index contributed by atoms with van der Waals surface area (Å²) in [6.07, 6.45) is 2.51. The van der Waals surface area contributed by atoms with Gasteiger partial charge in [0, 0.05) is 18.8 Å². The number of amides is 1. The van der Waals surface area contributed by atoms with Crippen LogP contribution in [0.3, 0.4) is 0 Å². The maximum atomic E-state index is 11.9. The fourth-order valence-electron chi connectivity index (χ4n) is 1.64. The lowest BCUT2D eigenvalue weighted by Crippen LogP contribution is -2.27. The van der Waals surface area contributed by atoms with Gasteiger partial charge in [-0.15, -0.1) is 0 Å². The largest absolute Gasteiger partial charge is 0.399 e. The second-order valence-electron chi connectivity index (χ2n) is 4.64. The van der Waals surface area contributed by atoms with Crippen LogP contribution in [0.25, 0.3) is 0 Å². The Kier molecular flexibility index (Phi) is 4.91. The highest BCUT2D eigenvalue weighted by atomic mass is 35.5. The number of rotatable bonds is 6. The number of benzene rings is 1. The molecule has 1 fully saturated rings. The minimum atomic E-state index is -0.297. The Morgan fingerprint density at radius 2 is 2.16 bits per heavy atom. The summed E-state index contributed by atoms with van der Waals surface area (Å²) in [5.41, 5.74) is 6.33. The number of carbonyl (C=O) groups is 1. The molecule has 2 rings (SSSR count). The Balaban J connectivity index is 1.81. The number of anilines is 1. The molecule has 3 N–H and O–H groups in total. The molecule has 104 valence electrons. The number of nitrogens with two attached hydrogens (primary N) is 1. The second kappa shape index (κ2) is 6.46. The van der Waals surface area contributed by atoms with E-state index in [1.807, 2.05) is 0 Å². The van der Waals surface area contributed by atoms with Crippen LogP contribution in [-0.4, -0.2) is 25.7 Å². The lowest BCUT2D eigenvalue weighted by atomic mass is 10.2. The van der Waals surface area contributed by atoms with Gasteiger partial charge in [-0.1, -0.05) is 23.2 Å². The van der Waals surface area contributed by atoms with Crippen molar-refractivity contribution in [3.05, 3.63) is 27.7 Å². The van der Waals surface area contributed by atoms with Gasteiger partial charge in [-0.05, 0) is 30.9 Å². The third kappa shape index (κ3) is 4.27. The molecule has 0 atom stereocenters. The molecule has 0 unspecified atom stereocenters. The molecule has 19 heavy (non-hydrogen) atoms. The van der Waals surface area contributed by atoms with Crippen LogP contribution in [0.1, 0.15) is 23.2 Å². The number of carbonyl (C=O) groups excluding carboxylic acids is 1. The van der Waals surface area contributed by atoms with E-state index in [0.29, 0.717) is 18.8 Å². The summed E-state index contributed by atoms with van der Waals surface area (Å²) < 4.78 is 5.42. The maximum Gasteiger partial charge on any atom is 0.253 e. The first-order chi connectivity index (χ1) is 9.08. The van der Waals surface area contributed by atoms with Crippen LogP contribution in [0, 0.1) is 5.92 Å². The standard InChI is InChI=1S/C13H16Cl2N2O2/c14-11-6-9(16)5-10(12(11)15)13(18)17-3-4-19-7-8-1-2-8/h5-6,8H,1-4,7,16H2,(H,17,18). The monoisotopic (exact) mass is 302 g/mol. The summed E-state index contributed by atoms with van der Waals surface area (Å²) in [4.78, 5) is 11.9. The predicted molar refractivity (Wildman–Crippen MR) is 76.8 cm³/mol. The van der Waals surface area contributed by atoms with Gasteiger partial charge in [-0.2, -0.15) is 0 Å². The normalized spacial score (nSPS) is 14.4. The van der Waals surface area contributed by atoms with Crippen LogP contribution in [0.2, 0.25) is 10.0 Å². The molecule has 1 aromatic carbocycles. The fraction of sp³-hybridized carbons (Fsp3) is 0.462. The van der Waals surface area contributed by atoms with Gasteiger partial charge >= 0.3 is 0 Å². The first-order valence-electron chi connectivity index (χ1n) is 6.18. The van der Waals surface area contributed by atoms with E-state index in [2.05, 4.69) is 5.32 Å². The zero-order chi connectivity index (χ0) is 13.8. The topological polar surface area (TPSA) is 64.4 Å². The zero-order valence-corrected chi connectivity index (χ0v) is 11.9. The number of nitrogen functional groups attached to an aromatic ring is 1. The Bertz CT molecular complexity index is 476. The van der Waals surface area contributed by atoms with Crippen molar-refractivity contribution in [3.63, 3.8) is 0 Å². The third-order valence-electron chi connectivity index (χ3n) is 2.88. The van der Waals surface area contributed by atoms with E-state index >= 15 is 0 Å². The van der Waals surface area contributed by atoms with E-state index < -0.39 is 0 Å². The van der Waals surface area contributed by atoms with E-state index in [1.54, 1.807) is 0 Å². The molecular formula is C13H16Cl2N2O2. The van der Waals surface area contributed by atoms with E-state index in [-0.39, 0.29) is 21.5 Å². The van der Waals surface area contributed by atoms with Crippen LogP contribution < -0.4 is 11.1 Å². The number of halogens is 2. The van der Waals surface area contributed by atoms with Gasteiger partial charge in [-0.3, -0.25) is 4.79 Å². The van der Waals surface area contributed by atoms with Crippen molar-refractivity contribution in [1.82, 2.24) is 5.32 Å². The number of hydrogen-bond acceptors (Lipinski definition) is 3. The summed E-state index contributed by atoms with van der Waals surface area (Å²) in [5.74, 6) is 0.423. The quantitative estimate of drug-likeness (QED) is 0.627. The SMILES string of the molecule is Nc1cc(Cl)c(Cl)c(C(=O)NCCOCC2CC2)c1. The molecule has 1 aliphatic carbocycles. The summed E-state index contributed by atoms with van der Waals surface area (Å²) in [6.45, 7) is 1.71. The van der Waals surface area contributed by atoms with Gasteiger partial charge in [0.1, 0.15) is 0 Å². The van der Waals surface area contributed by atoms with E-state index in [0.717, 1.165) is 12.5 Å². The van der Waals surface area contributed by atoms with Crippen molar-refractivity contribution in [2.75, 3.05) is 25.5 Å². The van der Waals surface area contributed by atoms with Crippen LogP contribution >= 0.6 is 23.2 Å². The predicted octanol–water partition coefficient (Wildman–Crippen LogP) is 2.73. The maximum absolute atomic E-state index is 11.9. The van der Waals surface area contributed by atoms with Crippen LogP contribution in [-0.2, 0) is 4.74 Å². The summed E-state index contributed by atoms with van der Waals surface area (Å²) in [7, 11) is 0.